The Bertz CT molecular complexity index is 890. The van der Waals surface area contributed by atoms with Gasteiger partial charge in [0.15, 0.2) is 6.10 Å². The van der Waals surface area contributed by atoms with Crippen LogP contribution in [0.4, 0.5) is 0 Å². The highest BCUT2D eigenvalue weighted by Crippen LogP contribution is 2.27. The average Bonchev–Trinajstić information content (AvgIpc) is 3.20. The van der Waals surface area contributed by atoms with Gasteiger partial charge in [0.25, 0.3) is 5.91 Å². The summed E-state index contributed by atoms with van der Waals surface area (Å²) >= 11 is 0. The SMILES string of the molecule is O=C(NCc1ccccc1Cn1cccn1)C1OCCc2ccccc21. The molecule has 2 heterocycles. The first-order chi connectivity index (χ1) is 12.8. The number of aromatic nitrogens is 2. The second kappa shape index (κ2) is 7.54. The Hall–Kier alpha value is -2.92. The molecule has 3 aromatic rings. The molecule has 1 N–H and O–H groups in total. The van der Waals surface area contributed by atoms with Crippen LogP contribution in [0.5, 0.6) is 0 Å². The van der Waals surface area contributed by atoms with Crippen molar-refractivity contribution in [1.82, 2.24) is 15.1 Å². The van der Waals surface area contributed by atoms with Crippen molar-refractivity contribution < 1.29 is 9.53 Å². The maximum atomic E-state index is 12.7. The fourth-order valence-electron chi connectivity index (χ4n) is 3.34. The summed E-state index contributed by atoms with van der Waals surface area (Å²) in [5.74, 6) is -0.0916. The minimum absolute atomic E-state index is 0.0916. The molecule has 0 radical (unpaired) electrons. The van der Waals surface area contributed by atoms with E-state index in [9.17, 15) is 4.79 Å². The maximum absolute atomic E-state index is 12.7. The monoisotopic (exact) mass is 347 g/mol. The fourth-order valence-corrected chi connectivity index (χ4v) is 3.34. The van der Waals surface area contributed by atoms with E-state index < -0.39 is 6.10 Å². The number of amides is 1. The number of carbonyl (C=O) groups is 1. The molecule has 26 heavy (non-hydrogen) atoms. The Morgan fingerprint density at radius 2 is 1.92 bits per heavy atom. The molecule has 4 rings (SSSR count). The van der Waals surface area contributed by atoms with Crippen LogP contribution in [0.3, 0.4) is 0 Å². The molecule has 2 aromatic carbocycles. The molecule has 0 saturated carbocycles. The summed E-state index contributed by atoms with van der Waals surface area (Å²) in [6.07, 6.45) is 4.02. The van der Waals surface area contributed by atoms with E-state index in [1.54, 1.807) is 6.20 Å². The first-order valence-corrected chi connectivity index (χ1v) is 8.82. The molecule has 132 valence electrons. The zero-order valence-corrected chi connectivity index (χ0v) is 14.5. The zero-order chi connectivity index (χ0) is 17.8. The molecular formula is C21H21N3O2. The molecule has 1 aliphatic heterocycles. The number of hydrogen-bond acceptors (Lipinski definition) is 3. The third kappa shape index (κ3) is 3.53. The van der Waals surface area contributed by atoms with Crippen LogP contribution in [0.1, 0.15) is 28.4 Å². The van der Waals surface area contributed by atoms with E-state index in [2.05, 4.69) is 22.5 Å². The van der Waals surface area contributed by atoms with Crippen LogP contribution in [-0.2, 0) is 29.0 Å². The lowest BCUT2D eigenvalue weighted by atomic mass is 9.97. The molecule has 5 nitrogen and oxygen atoms in total. The van der Waals surface area contributed by atoms with Crippen molar-refractivity contribution in [3.05, 3.63) is 89.2 Å². The number of fused-ring (bicyclic) bond motifs is 1. The van der Waals surface area contributed by atoms with Crippen LogP contribution >= 0.6 is 0 Å². The van der Waals surface area contributed by atoms with Crippen LogP contribution in [0.25, 0.3) is 0 Å². The highest BCUT2D eigenvalue weighted by Gasteiger charge is 2.26. The van der Waals surface area contributed by atoms with E-state index in [0.29, 0.717) is 19.7 Å². The average molecular weight is 347 g/mol. The Labute approximate surface area is 152 Å². The molecule has 0 aliphatic carbocycles. The minimum atomic E-state index is -0.529. The molecule has 1 unspecified atom stereocenters. The third-order valence-corrected chi connectivity index (χ3v) is 4.69. The van der Waals surface area contributed by atoms with Gasteiger partial charge in [-0.15, -0.1) is 0 Å². The molecule has 5 heteroatoms. The van der Waals surface area contributed by atoms with E-state index in [1.807, 2.05) is 53.3 Å². The normalized spacial score (nSPS) is 16.1. The lowest BCUT2D eigenvalue weighted by Gasteiger charge is -2.25. The number of hydrogen-bond donors (Lipinski definition) is 1. The van der Waals surface area contributed by atoms with E-state index in [1.165, 1.54) is 5.56 Å². The van der Waals surface area contributed by atoms with Crippen LogP contribution < -0.4 is 5.32 Å². The van der Waals surface area contributed by atoms with Crippen molar-refractivity contribution in [2.45, 2.75) is 25.6 Å². The number of nitrogens with zero attached hydrogens (tertiary/aromatic N) is 2. The molecule has 0 spiro atoms. The van der Waals surface area contributed by atoms with Crippen molar-refractivity contribution in [1.29, 1.82) is 0 Å². The summed E-state index contributed by atoms with van der Waals surface area (Å²) in [7, 11) is 0. The van der Waals surface area contributed by atoms with Gasteiger partial charge in [-0.3, -0.25) is 9.48 Å². The number of nitrogens with one attached hydrogen (secondary N) is 1. The highest BCUT2D eigenvalue weighted by molar-refractivity contribution is 5.82. The van der Waals surface area contributed by atoms with Gasteiger partial charge in [0.2, 0.25) is 0 Å². The molecule has 0 bridgehead atoms. The smallest absolute Gasteiger partial charge is 0.254 e. The Kier molecular flexibility index (Phi) is 4.80. The Balaban J connectivity index is 1.46. The summed E-state index contributed by atoms with van der Waals surface area (Å²) in [6, 6.07) is 18.0. The van der Waals surface area contributed by atoms with Crippen LogP contribution in [-0.4, -0.2) is 22.3 Å². The van der Waals surface area contributed by atoms with Gasteiger partial charge in [0.05, 0.1) is 13.2 Å². The first-order valence-electron chi connectivity index (χ1n) is 8.82. The van der Waals surface area contributed by atoms with Gasteiger partial charge in [-0.25, -0.2) is 0 Å². The molecule has 1 atom stereocenters. The van der Waals surface area contributed by atoms with Gasteiger partial charge in [-0.05, 0) is 34.7 Å². The summed E-state index contributed by atoms with van der Waals surface area (Å²) in [6.45, 7) is 1.73. The van der Waals surface area contributed by atoms with E-state index in [0.717, 1.165) is 23.1 Å². The predicted molar refractivity (Wildman–Crippen MR) is 98.5 cm³/mol. The Morgan fingerprint density at radius 1 is 1.12 bits per heavy atom. The predicted octanol–water partition coefficient (Wildman–Crippen LogP) is 2.86. The number of benzene rings is 2. The molecule has 1 aliphatic rings. The second-order valence-corrected chi connectivity index (χ2v) is 6.39. The highest BCUT2D eigenvalue weighted by atomic mass is 16.5. The molecule has 1 amide bonds. The number of carbonyl (C=O) groups excluding carboxylic acids is 1. The summed E-state index contributed by atoms with van der Waals surface area (Å²) < 4.78 is 7.62. The van der Waals surface area contributed by atoms with Crippen molar-refractivity contribution in [3.8, 4) is 0 Å². The largest absolute Gasteiger partial charge is 0.363 e. The fraction of sp³-hybridized carbons (Fsp3) is 0.238. The molecular weight excluding hydrogens is 326 g/mol. The van der Waals surface area contributed by atoms with Gasteiger partial charge in [-0.2, -0.15) is 5.10 Å². The van der Waals surface area contributed by atoms with Crippen LogP contribution in [0.15, 0.2) is 67.0 Å². The van der Waals surface area contributed by atoms with E-state index in [4.69, 9.17) is 4.74 Å². The molecule has 1 aromatic heterocycles. The van der Waals surface area contributed by atoms with E-state index in [-0.39, 0.29) is 5.91 Å². The lowest BCUT2D eigenvalue weighted by molar-refractivity contribution is -0.134. The maximum Gasteiger partial charge on any atom is 0.254 e. The molecule has 0 fully saturated rings. The van der Waals surface area contributed by atoms with E-state index >= 15 is 0 Å². The van der Waals surface area contributed by atoms with Crippen molar-refractivity contribution in [2.75, 3.05) is 6.61 Å². The Morgan fingerprint density at radius 3 is 2.77 bits per heavy atom. The van der Waals surface area contributed by atoms with Crippen molar-refractivity contribution in [3.63, 3.8) is 0 Å². The van der Waals surface area contributed by atoms with Gasteiger partial charge in [0.1, 0.15) is 0 Å². The van der Waals surface area contributed by atoms with Gasteiger partial charge in [0, 0.05) is 18.9 Å². The van der Waals surface area contributed by atoms with Gasteiger partial charge in [-0.1, -0.05) is 48.5 Å². The van der Waals surface area contributed by atoms with Crippen molar-refractivity contribution >= 4 is 5.91 Å². The summed E-state index contributed by atoms with van der Waals surface area (Å²) in [4.78, 5) is 12.7. The topological polar surface area (TPSA) is 56.2 Å². The summed E-state index contributed by atoms with van der Waals surface area (Å²) in [5.41, 5.74) is 4.39. The van der Waals surface area contributed by atoms with Crippen molar-refractivity contribution in [2.24, 2.45) is 0 Å². The number of rotatable bonds is 5. The lowest BCUT2D eigenvalue weighted by Crippen LogP contribution is -2.33. The van der Waals surface area contributed by atoms with Crippen LogP contribution in [0.2, 0.25) is 0 Å². The second-order valence-electron chi connectivity index (χ2n) is 6.39. The zero-order valence-electron chi connectivity index (χ0n) is 14.5. The van der Waals surface area contributed by atoms with Gasteiger partial charge < -0.3 is 10.1 Å². The molecule has 0 saturated heterocycles. The quantitative estimate of drug-likeness (QED) is 0.772. The van der Waals surface area contributed by atoms with Gasteiger partial charge >= 0.3 is 0 Å². The first kappa shape index (κ1) is 16.5. The minimum Gasteiger partial charge on any atom is -0.363 e. The number of ether oxygens (including phenoxy) is 1. The third-order valence-electron chi connectivity index (χ3n) is 4.69. The summed E-state index contributed by atoms with van der Waals surface area (Å²) in [5, 5.41) is 7.29. The standard InChI is InChI=1S/C21H21N3O2/c25-21(20-19-9-4-3-6-16(19)10-13-26-20)22-14-17-7-1-2-8-18(17)15-24-12-5-11-23-24/h1-9,11-12,20H,10,13-15H2,(H,22,25). The van der Waals surface area contributed by atoms with Crippen LogP contribution in [0, 0.1) is 0 Å².